The van der Waals surface area contributed by atoms with Crippen molar-refractivity contribution in [1.29, 1.82) is 0 Å². The number of nitrogens with two attached hydrogens (primary N) is 1. The zero-order chi connectivity index (χ0) is 22.8. The molecule has 0 aromatic heterocycles. The normalized spacial score (nSPS) is 12.6. The molecule has 7 heteroatoms. The molecule has 31 heavy (non-hydrogen) atoms. The van der Waals surface area contributed by atoms with Gasteiger partial charge in [-0.25, -0.2) is 4.79 Å². The maximum absolute atomic E-state index is 12.9. The van der Waals surface area contributed by atoms with Crippen LogP contribution in [0.4, 0.5) is 4.79 Å². The van der Waals surface area contributed by atoms with Crippen molar-refractivity contribution in [2.75, 3.05) is 0 Å². The Kier molecular flexibility index (Phi) is 9.06. The summed E-state index contributed by atoms with van der Waals surface area (Å²) in [6.45, 7) is 5.91. The second-order valence-corrected chi connectivity index (χ2v) is 7.98. The molecule has 0 aliphatic rings. The molecule has 0 unspecified atom stereocenters. The molecule has 0 aliphatic heterocycles. The van der Waals surface area contributed by atoms with E-state index in [1.165, 1.54) is 0 Å². The monoisotopic (exact) mass is 425 g/mol. The number of primary amides is 1. The Morgan fingerprint density at radius 3 is 2.19 bits per heavy atom. The van der Waals surface area contributed by atoms with Gasteiger partial charge in [0, 0.05) is 6.42 Å². The minimum atomic E-state index is -0.884. The van der Waals surface area contributed by atoms with Gasteiger partial charge in [0.15, 0.2) is 0 Å². The second kappa shape index (κ2) is 11.7. The van der Waals surface area contributed by atoms with E-state index in [4.69, 9.17) is 10.5 Å². The Bertz CT molecular complexity index is 883. The van der Waals surface area contributed by atoms with Crippen LogP contribution in [0.15, 0.2) is 54.6 Å². The molecule has 0 saturated heterocycles. The molecule has 166 valence electrons. The molecule has 0 fully saturated rings. The van der Waals surface area contributed by atoms with Crippen molar-refractivity contribution < 1.29 is 19.1 Å². The third kappa shape index (κ3) is 8.12. The average molecular weight is 426 g/mol. The van der Waals surface area contributed by atoms with Crippen LogP contribution in [0.1, 0.15) is 37.0 Å². The Hall–Kier alpha value is -3.35. The summed E-state index contributed by atoms with van der Waals surface area (Å²) in [5.74, 6) is -0.970. The molecule has 0 saturated carbocycles. The van der Waals surface area contributed by atoms with Crippen LogP contribution in [0.25, 0.3) is 0 Å². The summed E-state index contributed by atoms with van der Waals surface area (Å²) < 4.78 is 5.23. The topological polar surface area (TPSA) is 111 Å². The minimum Gasteiger partial charge on any atom is -0.445 e. The maximum Gasteiger partial charge on any atom is 0.408 e. The lowest BCUT2D eigenvalue weighted by molar-refractivity contribution is -0.128. The average Bonchev–Trinajstić information content (AvgIpc) is 2.73. The quantitative estimate of drug-likeness (QED) is 0.543. The van der Waals surface area contributed by atoms with Gasteiger partial charge in [0.25, 0.3) is 0 Å². The van der Waals surface area contributed by atoms with Gasteiger partial charge in [0.05, 0.1) is 0 Å². The van der Waals surface area contributed by atoms with Gasteiger partial charge in [0.2, 0.25) is 11.8 Å². The van der Waals surface area contributed by atoms with Crippen LogP contribution in [0.3, 0.4) is 0 Å². The molecule has 0 spiro atoms. The third-order valence-corrected chi connectivity index (χ3v) is 4.87. The van der Waals surface area contributed by atoms with Crippen molar-refractivity contribution in [3.8, 4) is 0 Å². The Balaban J connectivity index is 2.01. The zero-order valence-electron chi connectivity index (χ0n) is 18.3. The third-order valence-electron chi connectivity index (χ3n) is 4.87. The summed E-state index contributed by atoms with van der Waals surface area (Å²) in [7, 11) is 0. The molecule has 2 aromatic carbocycles. The highest BCUT2D eigenvalue weighted by Crippen LogP contribution is 2.11. The Morgan fingerprint density at radius 2 is 1.58 bits per heavy atom. The highest BCUT2D eigenvalue weighted by Gasteiger charge is 2.27. The van der Waals surface area contributed by atoms with Gasteiger partial charge in [-0.05, 0) is 36.0 Å². The van der Waals surface area contributed by atoms with E-state index in [9.17, 15) is 14.4 Å². The number of carbonyl (C=O) groups excluding carboxylic acids is 3. The fourth-order valence-corrected chi connectivity index (χ4v) is 3.16. The van der Waals surface area contributed by atoms with Gasteiger partial charge in [-0.3, -0.25) is 9.59 Å². The molecule has 7 nitrogen and oxygen atoms in total. The predicted octanol–water partition coefficient (Wildman–Crippen LogP) is 2.85. The second-order valence-electron chi connectivity index (χ2n) is 7.98. The van der Waals surface area contributed by atoms with Crippen LogP contribution in [-0.4, -0.2) is 30.0 Å². The fraction of sp³-hybridized carbons (Fsp3) is 0.375. The number of ether oxygens (including phenoxy) is 1. The van der Waals surface area contributed by atoms with Gasteiger partial charge in [-0.15, -0.1) is 0 Å². The summed E-state index contributed by atoms with van der Waals surface area (Å²) >= 11 is 0. The van der Waals surface area contributed by atoms with E-state index < -0.39 is 30.0 Å². The molecule has 0 radical (unpaired) electrons. The summed E-state index contributed by atoms with van der Waals surface area (Å²) in [4.78, 5) is 37.1. The number of rotatable bonds is 10. The standard InChI is InChI=1S/C24H31N3O4/c1-16(2)13-21(27-24(30)31-15-18-10-5-4-6-11-18)23(29)26-20(22(25)28)14-19-12-8-7-9-17(19)3/h4-12,16,20-21H,13-15H2,1-3H3,(H2,25,28)(H,26,29)(H,27,30)/t20-,21+/m1/s1. The van der Waals surface area contributed by atoms with Gasteiger partial charge >= 0.3 is 6.09 Å². The van der Waals surface area contributed by atoms with Crippen molar-refractivity contribution >= 4 is 17.9 Å². The Morgan fingerprint density at radius 1 is 0.935 bits per heavy atom. The van der Waals surface area contributed by atoms with Crippen LogP contribution >= 0.6 is 0 Å². The van der Waals surface area contributed by atoms with E-state index in [0.717, 1.165) is 16.7 Å². The number of hydrogen-bond donors (Lipinski definition) is 3. The fourth-order valence-electron chi connectivity index (χ4n) is 3.16. The van der Waals surface area contributed by atoms with Crippen LogP contribution in [0.5, 0.6) is 0 Å². The van der Waals surface area contributed by atoms with Crippen molar-refractivity contribution in [3.05, 3.63) is 71.3 Å². The first-order chi connectivity index (χ1) is 14.8. The molecule has 2 atom stereocenters. The highest BCUT2D eigenvalue weighted by molar-refractivity contribution is 5.90. The molecular weight excluding hydrogens is 394 g/mol. The summed E-state index contributed by atoms with van der Waals surface area (Å²) in [5.41, 5.74) is 8.30. The van der Waals surface area contributed by atoms with E-state index >= 15 is 0 Å². The number of nitrogens with one attached hydrogen (secondary N) is 2. The first kappa shape index (κ1) is 23.9. The molecule has 2 aromatic rings. The van der Waals surface area contributed by atoms with Gasteiger partial charge in [-0.2, -0.15) is 0 Å². The molecule has 2 rings (SSSR count). The molecule has 4 N–H and O–H groups in total. The van der Waals surface area contributed by atoms with E-state index in [-0.39, 0.29) is 18.9 Å². The van der Waals surface area contributed by atoms with Crippen LogP contribution in [0.2, 0.25) is 0 Å². The number of carbonyl (C=O) groups is 3. The molecule has 0 aliphatic carbocycles. The summed E-state index contributed by atoms with van der Waals surface area (Å²) in [6, 6.07) is 15.1. The van der Waals surface area contributed by atoms with Crippen molar-refractivity contribution in [2.45, 2.75) is 52.3 Å². The van der Waals surface area contributed by atoms with Gasteiger partial charge in [0.1, 0.15) is 18.7 Å². The van der Waals surface area contributed by atoms with Crippen LogP contribution < -0.4 is 16.4 Å². The van der Waals surface area contributed by atoms with E-state index in [1.807, 2.05) is 75.4 Å². The number of alkyl carbamates (subject to hydrolysis) is 1. The lowest BCUT2D eigenvalue weighted by Gasteiger charge is -2.23. The molecular formula is C24H31N3O4. The smallest absolute Gasteiger partial charge is 0.408 e. The number of aryl methyl sites for hydroxylation is 1. The Labute approximate surface area is 183 Å². The first-order valence-electron chi connectivity index (χ1n) is 10.4. The van der Waals surface area contributed by atoms with E-state index in [2.05, 4.69) is 10.6 Å². The van der Waals surface area contributed by atoms with Crippen molar-refractivity contribution in [2.24, 2.45) is 11.7 Å². The number of amides is 3. The highest BCUT2D eigenvalue weighted by atomic mass is 16.5. The summed E-state index contributed by atoms with van der Waals surface area (Å²) in [6.07, 6.45) is -0.0258. The molecule has 0 heterocycles. The van der Waals surface area contributed by atoms with Gasteiger partial charge < -0.3 is 21.1 Å². The van der Waals surface area contributed by atoms with Gasteiger partial charge in [-0.1, -0.05) is 68.4 Å². The predicted molar refractivity (Wildman–Crippen MR) is 119 cm³/mol. The molecule has 3 amide bonds. The summed E-state index contributed by atoms with van der Waals surface area (Å²) in [5, 5.41) is 5.31. The van der Waals surface area contributed by atoms with Crippen LogP contribution in [0, 0.1) is 12.8 Å². The van der Waals surface area contributed by atoms with E-state index in [0.29, 0.717) is 6.42 Å². The zero-order valence-corrected chi connectivity index (χ0v) is 18.3. The minimum absolute atomic E-state index is 0.0971. The SMILES string of the molecule is Cc1ccccc1C[C@@H](NC(=O)[C@H](CC(C)C)NC(=O)OCc1ccccc1)C(N)=O. The van der Waals surface area contributed by atoms with Crippen molar-refractivity contribution in [3.63, 3.8) is 0 Å². The van der Waals surface area contributed by atoms with E-state index in [1.54, 1.807) is 0 Å². The van der Waals surface area contributed by atoms with Crippen molar-refractivity contribution in [1.82, 2.24) is 10.6 Å². The number of hydrogen-bond acceptors (Lipinski definition) is 4. The largest absolute Gasteiger partial charge is 0.445 e. The maximum atomic E-state index is 12.9. The number of benzene rings is 2. The lowest BCUT2D eigenvalue weighted by atomic mass is 9.99. The lowest BCUT2D eigenvalue weighted by Crippen LogP contribution is -2.54. The first-order valence-corrected chi connectivity index (χ1v) is 10.4. The van der Waals surface area contributed by atoms with Crippen LogP contribution in [-0.2, 0) is 27.4 Å². The molecule has 0 bridgehead atoms.